The van der Waals surface area contributed by atoms with E-state index < -0.39 is 0 Å². The lowest BCUT2D eigenvalue weighted by Crippen LogP contribution is -2.18. The van der Waals surface area contributed by atoms with Gasteiger partial charge in [-0.05, 0) is 18.6 Å². The number of carbonyl (C=O) groups excluding carboxylic acids is 1. The number of carbonyl (C=O) groups is 1. The Hall–Kier alpha value is -2.00. The monoisotopic (exact) mass is 309 g/mol. The molecule has 0 aliphatic rings. The van der Waals surface area contributed by atoms with Crippen molar-refractivity contribution in [3.05, 3.63) is 65.2 Å². The van der Waals surface area contributed by atoms with Gasteiger partial charge in [0.15, 0.2) is 5.78 Å². The van der Waals surface area contributed by atoms with Gasteiger partial charge in [-0.3, -0.25) is 4.79 Å². The molecule has 3 rings (SSSR count). The number of rotatable bonds is 5. The molecule has 3 aromatic rings. The van der Waals surface area contributed by atoms with Crippen LogP contribution >= 0.6 is 11.3 Å². The lowest BCUT2D eigenvalue weighted by Gasteiger charge is -2.21. The minimum Gasteiger partial charge on any atom is -0.294 e. The summed E-state index contributed by atoms with van der Waals surface area (Å²) >= 11 is 1.73. The second-order valence-corrected chi connectivity index (χ2v) is 7.19. The van der Waals surface area contributed by atoms with E-state index in [1.807, 2.05) is 48.5 Å². The van der Waals surface area contributed by atoms with Crippen LogP contribution in [0.5, 0.6) is 0 Å². The van der Waals surface area contributed by atoms with Gasteiger partial charge in [0.2, 0.25) is 0 Å². The Bertz CT molecular complexity index is 756. The largest absolute Gasteiger partial charge is 0.294 e. The summed E-state index contributed by atoms with van der Waals surface area (Å²) in [4.78, 5) is 17.0. The predicted octanol–water partition coefficient (Wildman–Crippen LogP) is 5.24. The summed E-state index contributed by atoms with van der Waals surface area (Å²) < 4.78 is 1.21. The standard InChI is InChI=1S/C19H19NOS/c1-19(2,13-12-16(21)14-8-4-3-5-9-14)18-20-15-10-6-7-11-17(15)22-18/h3-11H,12-13H2,1-2H3. The van der Waals surface area contributed by atoms with Crippen molar-refractivity contribution in [2.75, 3.05) is 0 Å². The number of nitrogens with zero attached hydrogens (tertiary/aromatic N) is 1. The molecule has 0 spiro atoms. The number of hydrogen-bond donors (Lipinski definition) is 0. The maximum Gasteiger partial charge on any atom is 0.162 e. The van der Waals surface area contributed by atoms with Crippen molar-refractivity contribution in [1.29, 1.82) is 0 Å². The molecule has 1 heterocycles. The molecule has 0 fully saturated rings. The molecule has 3 heteroatoms. The van der Waals surface area contributed by atoms with Gasteiger partial charge in [-0.1, -0.05) is 56.3 Å². The van der Waals surface area contributed by atoms with Gasteiger partial charge < -0.3 is 0 Å². The molecule has 0 unspecified atom stereocenters. The summed E-state index contributed by atoms with van der Waals surface area (Å²) in [5, 5.41) is 1.11. The van der Waals surface area contributed by atoms with Crippen LogP contribution in [0.1, 0.15) is 42.1 Å². The molecule has 0 aliphatic carbocycles. The Morgan fingerprint density at radius 1 is 1.05 bits per heavy atom. The van der Waals surface area contributed by atoms with Crippen LogP contribution in [0.2, 0.25) is 0 Å². The number of ketones is 1. The zero-order valence-corrected chi connectivity index (χ0v) is 13.7. The van der Waals surface area contributed by atoms with Gasteiger partial charge in [0.05, 0.1) is 15.2 Å². The van der Waals surface area contributed by atoms with Gasteiger partial charge in [-0.25, -0.2) is 4.98 Å². The number of thiazole rings is 1. The molecule has 0 saturated carbocycles. The lowest BCUT2D eigenvalue weighted by molar-refractivity contribution is 0.0972. The maximum absolute atomic E-state index is 12.3. The van der Waals surface area contributed by atoms with Gasteiger partial charge >= 0.3 is 0 Å². The highest BCUT2D eigenvalue weighted by Crippen LogP contribution is 2.34. The van der Waals surface area contributed by atoms with Crippen molar-refractivity contribution in [3.8, 4) is 0 Å². The van der Waals surface area contributed by atoms with Crippen molar-refractivity contribution in [2.24, 2.45) is 0 Å². The molecule has 0 aliphatic heterocycles. The SMILES string of the molecule is CC(C)(CCC(=O)c1ccccc1)c1nc2ccccc2s1. The Kier molecular flexibility index (Phi) is 4.08. The molecule has 22 heavy (non-hydrogen) atoms. The molecule has 112 valence electrons. The number of aromatic nitrogens is 1. The van der Waals surface area contributed by atoms with Crippen LogP contribution in [0.15, 0.2) is 54.6 Å². The summed E-state index contributed by atoms with van der Waals surface area (Å²) in [5.74, 6) is 0.204. The lowest BCUT2D eigenvalue weighted by atomic mass is 9.87. The highest BCUT2D eigenvalue weighted by molar-refractivity contribution is 7.18. The van der Waals surface area contributed by atoms with Gasteiger partial charge in [0, 0.05) is 17.4 Å². The molecular formula is C19H19NOS. The summed E-state index contributed by atoms with van der Waals surface area (Å²) in [6, 6.07) is 17.7. The molecule has 0 bridgehead atoms. The first kappa shape index (κ1) is 14.9. The third kappa shape index (κ3) is 3.09. The average molecular weight is 309 g/mol. The van der Waals surface area contributed by atoms with E-state index in [0.717, 1.165) is 22.5 Å². The summed E-state index contributed by atoms with van der Waals surface area (Å²) in [6.45, 7) is 4.34. The van der Waals surface area contributed by atoms with Crippen LogP contribution in [0.4, 0.5) is 0 Å². The fraction of sp³-hybridized carbons (Fsp3) is 0.263. The Balaban J connectivity index is 1.74. The van der Waals surface area contributed by atoms with Crippen LogP contribution in [-0.2, 0) is 5.41 Å². The van der Waals surface area contributed by atoms with E-state index in [0.29, 0.717) is 6.42 Å². The van der Waals surface area contributed by atoms with E-state index >= 15 is 0 Å². The third-order valence-electron chi connectivity index (χ3n) is 3.95. The highest BCUT2D eigenvalue weighted by atomic mass is 32.1. The van der Waals surface area contributed by atoms with Crippen molar-refractivity contribution in [3.63, 3.8) is 0 Å². The van der Waals surface area contributed by atoms with Gasteiger partial charge in [0.1, 0.15) is 0 Å². The third-order valence-corrected chi connectivity index (χ3v) is 5.35. The van der Waals surface area contributed by atoms with Crippen LogP contribution < -0.4 is 0 Å². The van der Waals surface area contributed by atoms with E-state index in [1.54, 1.807) is 11.3 Å². The average Bonchev–Trinajstić information content (AvgIpc) is 2.98. The van der Waals surface area contributed by atoms with E-state index in [-0.39, 0.29) is 11.2 Å². The predicted molar refractivity (Wildman–Crippen MR) is 92.7 cm³/mol. The molecule has 0 amide bonds. The zero-order valence-electron chi connectivity index (χ0n) is 12.9. The fourth-order valence-electron chi connectivity index (χ4n) is 2.46. The first-order valence-corrected chi connectivity index (χ1v) is 8.32. The van der Waals surface area contributed by atoms with E-state index in [4.69, 9.17) is 4.98 Å². The fourth-order valence-corrected chi connectivity index (χ4v) is 3.56. The van der Waals surface area contributed by atoms with Gasteiger partial charge in [0.25, 0.3) is 0 Å². The normalized spacial score (nSPS) is 11.7. The van der Waals surface area contributed by atoms with Crippen LogP contribution in [0, 0.1) is 0 Å². The van der Waals surface area contributed by atoms with Crippen molar-refractivity contribution in [1.82, 2.24) is 4.98 Å². The smallest absolute Gasteiger partial charge is 0.162 e. The second-order valence-electron chi connectivity index (χ2n) is 6.16. The number of fused-ring (bicyclic) bond motifs is 1. The van der Waals surface area contributed by atoms with Crippen molar-refractivity contribution in [2.45, 2.75) is 32.1 Å². The summed E-state index contributed by atoms with van der Waals surface area (Å²) in [6.07, 6.45) is 1.35. The Morgan fingerprint density at radius 2 is 1.73 bits per heavy atom. The van der Waals surface area contributed by atoms with Crippen molar-refractivity contribution < 1.29 is 4.79 Å². The molecular weight excluding hydrogens is 290 g/mol. The number of para-hydroxylation sites is 1. The Labute approximate surface area is 134 Å². The number of benzene rings is 2. The topological polar surface area (TPSA) is 30.0 Å². The first-order chi connectivity index (χ1) is 10.6. The molecule has 0 radical (unpaired) electrons. The van der Waals surface area contributed by atoms with Gasteiger partial charge in [-0.15, -0.1) is 11.3 Å². The summed E-state index contributed by atoms with van der Waals surface area (Å²) in [5.41, 5.74) is 1.75. The highest BCUT2D eigenvalue weighted by Gasteiger charge is 2.25. The Morgan fingerprint density at radius 3 is 2.45 bits per heavy atom. The molecule has 2 aromatic carbocycles. The van der Waals surface area contributed by atoms with E-state index in [9.17, 15) is 4.79 Å². The first-order valence-electron chi connectivity index (χ1n) is 7.50. The maximum atomic E-state index is 12.3. The molecule has 0 N–H and O–H groups in total. The molecule has 0 atom stereocenters. The number of Topliss-reactive ketones (excluding diaryl/α,β-unsaturated/α-hetero) is 1. The molecule has 1 aromatic heterocycles. The van der Waals surface area contributed by atoms with E-state index in [2.05, 4.69) is 19.9 Å². The summed E-state index contributed by atoms with van der Waals surface area (Å²) in [7, 11) is 0. The van der Waals surface area contributed by atoms with Crippen LogP contribution in [-0.4, -0.2) is 10.8 Å². The van der Waals surface area contributed by atoms with Crippen LogP contribution in [0.3, 0.4) is 0 Å². The van der Waals surface area contributed by atoms with Gasteiger partial charge in [-0.2, -0.15) is 0 Å². The van der Waals surface area contributed by atoms with Crippen LogP contribution in [0.25, 0.3) is 10.2 Å². The number of hydrogen-bond acceptors (Lipinski definition) is 3. The zero-order chi connectivity index (χ0) is 15.6. The molecule has 0 saturated heterocycles. The van der Waals surface area contributed by atoms with E-state index in [1.165, 1.54) is 4.70 Å². The van der Waals surface area contributed by atoms with Crippen molar-refractivity contribution >= 4 is 27.3 Å². The minimum atomic E-state index is -0.0892. The molecule has 2 nitrogen and oxygen atoms in total. The quantitative estimate of drug-likeness (QED) is 0.603. The second kappa shape index (κ2) is 6.01. The minimum absolute atomic E-state index is 0.0892.